The van der Waals surface area contributed by atoms with Gasteiger partial charge in [-0.05, 0) is 58.9 Å². The summed E-state index contributed by atoms with van der Waals surface area (Å²) in [5.41, 5.74) is 6.85. The molecule has 0 radical (unpaired) electrons. The van der Waals surface area contributed by atoms with Gasteiger partial charge in [0.05, 0.1) is 18.7 Å². The fraction of sp³-hybridized carbons (Fsp3) is 0.192. The van der Waals surface area contributed by atoms with Crippen molar-refractivity contribution < 1.29 is 9.53 Å². The maximum absolute atomic E-state index is 11.7. The number of hydrogen-bond donors (Lipinski definition) is 1. The van der Waals surface area contributed by atoms with Gasteiger partial charge in [-0.25, -0.2) is 4.79 Å². The monoisotopic (exact) mass is 381 g/mol. The molecule has 3 aromatic rings. The number of anilines is 1. The van der Waals surface area contributed by atoms with Gasteiger partial charge in [0.25, 0.3) is 0 Å². The van der Waals surface area contributed by atoms with Crippen LogP contribution in [0.2, 0.25) is 0 Å². The Morgan fingerprint density at radius 1 is 0.966 bits per heavy atom. The lowest BCUT2D eigenvalue weighted by atomic mass is 9.76. The molecule has 1 aliphatic heterocycles. The van der Waals surface area contributed by atoms with E-state index in [1.807, 2.05) is 24.3 Å². The molecule has 0 amide bonds. The van der Waals surface area contributed by atoms with Crippen molar-refractivity contribution >= 4 is 11.7 Å². The van der Waals surface area contributed by atoms with Crippen molar-refractivity contribution in [1.82, 2.24) is 0 Å². The summed E-state index contributed by atoms with van der Waals surface area (Å²) in [6.45, 7) is 0. The van der Waals surface area contributed by atoms with Crippen LogP contribution in [0.4, 0.5) is 5.69 Å². The minimum absolute atomic E-state index is 0.219. The van der Waals surface area contributed by atoms with Crippen molar-refractivity contribution in [2.45, 2.75) is 18.4 Å². The summed E-state index contributed by atoms with van der Waals surface area (Å²) < 4.78 is 4.82. The molecule has 0 spiro atoms. The van der Waals surface area contributed by atoms with Gasteiger partial charge >= 0.3 is 5.97 Å². The number of hydrogen-bond acceptors (Lipinski definition) is 3. The number of allylic oxidation sites excluding steroid dienone is 2. The van der Waals surface area contributed by atoms with Crippen LogP contribution in [0.5, 0.6) is 0 Å². The summed E-state index contributed by atoms with van der Waals surface area (Å²) in [7, 11) is 1.41. The molecular formula is C26H23NO2. The van der Waals surface area contributed by atoms with Gasteiger partial charge in [0, 0.05) is 11.6 Å². The predicted octanol–water partition coefficient (Wildman–Crippen LogP) is 5.97. The summed E-state index contributed by atoms with van der Waals surface area (Å²) >= 11 is 0. The Hall–Kier alpha value is -3.33. The number of ether oxygens (including phenoxy) is 1. The zero-order valence-electron chi connectivity index (χ0n) is 16.3. The lowest BCUT2D eigenvalue weighted by Crippen LogP contribution is -2.29. The number of carbonyl (C=O) groups excluding carboxylic acids is 1. The van der Waals surface area contributed by atoms with Crippen LogP contribution in [0.1, 0.15) is 39.9 Å². The maximum Gasteiger partial charge on any atom is 0.337 e. The van der Waals surface area contributed by atoms with Crippen molar-refractivity contribution in [3.8, 4) is 11.1 Å². The Labute approximate surface area is 171 Å². The highest BCUT2D eigenvalue weighted by Crippen LogP contribution is 2.50. The molecule has 0 saturated carbocycles. The van der Waals surface area contributed by atoms with Crippen molar-refractivity contribution in [2.24, 2.45) is 5.92 Å². The first-order chi connectivity index (χ1) is 14.2. The van der Waals surface area contributed by atoms with Crippen LogP contribution in [0.25, 0.3) is 11.1 Å². The fourth-order valence-corrected chi connectivity index (χ4v) is 4.68. The van der Waals surface area contributed by atoms with E-state index in [0.717, 1.165) is 6.42 Å². The molecule has 3 atom stereocenters. The average molecular weight is 381 g/mol. The first-order valence-electron chi connectivity index (χ1n) is 10.1. The number of benzene rings is 3. The van der Waals surface area contributed by atoms with E-state index in [9.17, 15) is 4.79 Å². The molecule has 29 heavy (non-hydrogen) atoms. The number of fused-ring (bicyclic) bond motifs is 3. The third kappa shape index (κ3) is 3.13. The third-order valence-corrected chi connectivity index (χ3v) is 6.16. The van der Waals surface area contributed by atoms with Gasteiger partial charge in [0.15, 0.2) is 0 Å². The van der Waals surface area contributed by atoms with Gasteiger partial charge in [-0.3, -0.25) is 0 Å². The second-order valence-corrected chi connectivity index (χ2v) is 7.76. The highest BCUT2D eigenvalue weighted by Gasteiger charge is 2.38. The number of nitrogens with one attached hydrogen (secondary N) is 1. The molecule has 2 aliphatic rings. The van der Waals surface area contributed by atoms with Gasteiger partial charge in [0.2, 0.25) is 0 Å². The lowest BCUT2D eigenvalue weighted by Gasteiger charge is -2.38. The first-order valence-corrected chi connectivity index (χ1v) is 10.1. The number of methoxy groups -OCH3 is 1. The summed E-state index contributed by atoms with van der Waals surface area (Å²) in [4.78, 5) is 11.7. The Morgan fingerprint density at radius 2 is 1.76 bits per heavy atom. The molecule has 5 rings (SSSR count). The molecule has 3 aromatic carbocycles. The van der Waals surface area contributed by atoms with Crippen molar-refractivity contribution in [1.29, 1.82) is 0 Å². The third-order valence-electron chi connectivity index (χ3n) is 6.16. The molecule has 0 unspecified atom stereocenters. The van der Waals surface area contributed by atoms with Gasteiger partial charge in [-0.2, -0.15) is 0 Å². The van der Waals surface area contributed by atoms with Crippen molar-refractivity contribution in [3.05, 3.63) is 102 Å². The zero-order valence-corrected chi connectivity index (χ0v) is 16.3. The van der Waals surface area contributed by atoms with Gasteiger partial charge in [-0.1, -0.05) is 60.7 Å². The standard InChI is InChI=1S/C26H23NO2/c1-29-26(28)19-12-10-18(11-13-19)25-22-9-5-8-21(22)23-16-20(14-15-24(23)27-25)17-6-3-2-4-7-17/h2-8,10-16,21-22,25,27H,9H2,1H3/t21-,22+,25-/m0/s1. The Kier molecular flexibility index (Phi) is 4.44. The van der Waals surface area contributed by atoms with Crippen LogP contribution < -0.4 is 5.32 Å². The lowest BCUT2D eigenvalue weighted by molar-refractivity contribution is 0.0600. The van der Waals surface area contributed by atoms with Gasteiger partial charge in [0.1, 0.15) is 0 Å². The topological polar surface area (TPSA) is 38.3 Å². The number of esters is 1. The van der Waals surface area contributed by atoms with E-state index < -0.39 is 0 Å². The normalized spacial score (nSPS) is 21.8. The minimum Gasteiger partial charge on any atom is -0.465 e. The molecule has 0 fully saturated rings. The van der Waals surface area contributed by atoms with Crippen LogP contribution in [0.3, 0.4) is 0 Å². The summed E-state index contributed by atoms with van der Waals surface area (Å²) in [6.07, 6.45) is 5.71. The van der Waals surface area contributed by atoms with E-state index >= 15 is 0 Å². The minimum atomic E-state index is -0.299. The molecule has 3 nitrogen and oxygen atoms in total. The van der Waals surface area contributed by atoms with E-state index in [0.29, 0.717) is 17.4 Å². The molecular weight excluding hydrogens is 358 g/mol. The summed E-state index contributed by atoms with van der Waals surface area (Å²) in [5, 5.41) is 3.77. The van der Waals surface area contributed by atoms with E-state index in [1.54, 1.807) is 0 Å². The van der Waals surface area contributed by atoms with Crippen LogP contribution in [0.15, 0.2) is 84.9 Å². The molecule has 1 aliphatic carbocycles. The maximum atomic E-state index is 11.7. The Balaban J connectivity index is 1.50. The number of rotatable bonds is 3. The van der Waals surface area contributed by atoms with Crippen LogP contribution >= 0.6 is 0 Å². The quantitative estimate of drug-likeness (QED) is 0.449. The average Bonchev–Trinajstić information content (AvgIpc) is 3.29. The zero-order chi connectivity index (χ0) is 19.8. The SMILES string of the molecule is COC(=O)c1ccc([C@@H]2Nc3ccc(-c4ccccc4)cc3[C@H]3C=CC[C@H]32)cc1. The second-order valence-electron chi connectivity index (χ2n) is 7.76. The number of carbonyl (C=O) groups is 1. The van der Waals surface area contributed by atoms with E-state index in [-0.39, 0.29) is 12.0 Å². The van der Waals surface area contributed by atoms with E-state index in [4.69, 9.17) is 4.74 Å². The van der Waals surface area contributed by atoms with Crippen molar-refractivity contribution in [2.75, 3.05) is 12.4 Å². The Morgan fingerprint density at radius 3 is 2.52 bits per heavy atom. The second kappa shape index (κ2) is 7.25. The molecule has 144 valence electrons. The highest BCUT2D eigenvalue weighted by atomic mass is 16.5. The first kappa shape index (κ1) is 17.7. The molecule has 1 N–H and O–H groups in total. The summed E-state index contributed by atoms with van der Waals surface area (Å²) in [5.74, 6) is 0.574. The van der Waals surface area contributed by atoms with E-state index in [1.165, 1.54) is 35.1 Å². The molecule has 0 bridgehead atoms. The van der Waals surface area contributed by atoms with E-state index in [2.05, 4.69) is 66.0 Å². The van der Waals surface area contributed by atoms with Crippen LogP contribution in [-0.2, 0) is 4.74 Å². The molecule has 0 saturated heterocycles. The van der Waals surface area contributed by atoms with Crippen LogP contribution in [-0.4, -0.2) is 13.1 Å². The van der Waals surface area contributed by atoms with Gasteiger partial charge in [-0.15, -0.1) is 0 Å². The van der Waals surface area contributed by atoms with Gasteiger partial charge < -0.3 is 10.1 Å². The molecule has 0 aromatic heterocycles. The molecule has 1 heterocycles. The Bertz CT molecular complexity index is 1070. The fourth-order valence-electron chi connectivity index (χ4n) is 4.68. The van der Waals surface area contributed by atoms with Crippen molar-refractivity contribution in [3.63, 3.8) is 0 Å². The largest absolute Gasteiger partial charge is 0.465 e. The summed E-state index contributed by atoms with van der Waals surface area (Å²) in [6, 6.07) is 25.3. The molecule has 3 heteroatoms. The van der Waals surface area contributed by atoms with Crippen LogP contribution in [0, 0.1) is 5.92 Å². The smallest absolute Gasteiger partial charge is 0.337 e. The highest BCUT2D eigenvalue weighted by molar-refractivity contribution is 5.89. The predicted molar refractivity (Wildman–Crippen MR) is 116 cm³/mol.